The first-order chi connectivity index (χ1) is 12.1. The van der Waals surface area contributed by atoms with Gasteiger partial charge in [-0.3, -0.25) is 4.79 Å². The van der Waals surface area contributed by atoms with Gasteiger partial charge in [0.15, 0.2) is 17.3 Å². The van der Waals surface area contributed by atoms with E-state index in [1.807, 2.05) is 25.1 Å². The second-order valence-electron chi connectivity index (χ2n) is 5.86. The van der Waals surface area contributed by atoms with Gasteiger partial charge in [-0.1, -0.05) is 17.7 Å². The van der Waals surface area contributed by atoms with Crippen LogP contribution < -0.4 is 14.8 Å². The molecule has 0 aliphatic carbocycles. The Morgan fingerprint density at radius 2 is 1.92 bits per heavy atom. The van der Waals surface area contributed by atoms with Gasteiger partial charge < -0.3 is 19.2 Å². The predicted octanol–water partition coefficient (Wildman–Crippen LogP) is 4.10. The van der Waals surface area contributed by atoms with E-state index in [1.54, 1.807) is 18.2 Å². The minimum Gasteiger partial charge on any atom is -0.486 e. The Bertz CT molecular complexity index is 963. The van der Waals surface area contributed by atoms with E-state index in [0.717, 1.165) is 22.3 Å². The second kappa shape index (κ2) is 6.33. The lowest BCUT2D eigenvalue weighted by atomic mass is 10.1. The summed E-state index contributed by atoms with van der Waals surface area (Å²) >= 11 is 6.01. The Morgan fingerprint density at radius 3 is 2.76 bits per heavy atom. The SMILES string of the molecule is Cc1c(C(=O)NCc2ccc3c(c2)OCCO3)oc2ccc(Cl)cc12. The fourth-order valence-electron chi connectivity index (χ4n) is 2.87. The maximum absolute atomic E-state index is 12.5. The summed E-state index contributed by atoms with van der Waals surface area (Å²) in [5.41, 5.74) is 2.35. The average molecular weight is 358 g/mol. The van der Waals surface area contributed by atoms with Gasteiger partial charge in [-0.05, 0) is 42.8 Å². The van der Waals surface area contributed by atoms with Crippen molar-refractivity contribution in [2.75, 3.05) is 13.2 Å². The molecular weight excluding hydrogens is 342 g/mol. The summed E-state index contributed by atoms with van der Waals surface area (Å²) in [6.45, 7) is 3.30. The number of rotatable bonds is 3. The summed E-state index contributed by atoms with van der Waals surface area (Å²) in [6.07, 6.45) is 0. The third-order valence-electron chi connectivity index (χ3n) is 4.16. The Kier molecular flexibility index (Phi) is 4.01. The van der Waals surface area contributed by atoms with Gasteiger partial charge in [0.1, 0.15) is 18.8 Å². The van der Waals surface area contributed by atoms with Crippen molar-refractivity contribution in [2.24, 2.45) is 0 Å². The molecule has 0 spiro atoms. The van der Waals surface area contributed by atoms with Crippen molar-refractivity contribution >= 4 is 28.5 Å². The Morgan fingerprint density at radius 1 is 1.12 bits per heavy atom. The highest BCUT2D eigenvalue weighted by molar-refractivity contribution is 6.31. The standard InChI is InChI=1S/C19H16ClNO4/c1-11-14-9-13(20)3-5-15(14)25-18(11)19(22)21-10-12-2-4-16-17(8-12)24-7-6-23-16/h2-5,8-9H,6-7,10H2,1H3,(H,21,22). The number of ether oxygens (including phenoxy) is 2. The number of carbonyl (C=O) groups is 1. The normalized spacial score (nSPS) is 13.0. The maximum Gasteiger partial charge on any atom is 0.287 e. The molecule has 0 saturated carbocycles. The first kappa shape index (κ1) is 15.8. The first-order valence-corrected chi connectivity index (χ1v) is 8.35. The van der Waals surface area contributed by atoms with Crippen molar-refractivity contribution in [3.05, 3.63) is 58.3 Å². The summed E-state index contributed by atoms with van der Waals surface area (Å²) in [6, 6.07) is 10.9. The molecule has 25 heavy (non-hydrogen) atoms. The molecule has 5 nitrogen and oxygen atoms in total. The van der Waals surface area contributed by atoms with E-state index >= 15 is 0 Å². The summed E-state index contributed by atoms with van der Waals surface area (Å²) in [5, 5.41) is 4.33. The van der Waals surface area contributed by atoms with Crippen LogP contribution >= 0.6 is 11.6 Å². The van der Waals surface area contributed by atoms with Gasteiger partial charge in [0.25, 0.3) is 5.91 Å². The van der Waals surface area contributed by atoms with E-state index in [9.17, 15) is 4.79 Å². The van der Waals surface area contributed by atoms with Gasteiger partial charge in [-0.15, -0.1) is 0 Å². The smallest absolute Gasteiger partial charge is 0.287 e. The van der Waals surface area contributed by atoms with Crippen molar-refractivity contribution < 1.29 is 18.7 Å². The zero-order chi connectivity index (χ0) is 17.4. The van der Waals surface area contributed by atoms with Crippen LogP contribution in [0.5, 0.6) is 11.5 Å². The number of nitrogens with one attached hydrogen (secondary N) is 1. The Labute approximate surface area is 149 Å². The highest BCUT2D eigenvalue weighted by Crippen LogP contribution is 2.31. The topological polar surface area (TPSA) is 60.7 Å². The molecule has 0 saturated heterocycles. The zero-order valence-corrected chi connectivity index (χ0v) is 14.4. The number of hydrogen-bond donors (Lipinski definition) is 1. The lowest BCUT2D eigenvalue weighted by molar-refractivity contribution is 0.0924. The van der Waals surface area contributed by atoms with Crippen LogP contribution in [-0.4, -0.2) is 19.1 Å². The molecule has 1 aliphatic rings. The molecule has 0 fully saturated rings. The number of fused-ring (bicyclic) bond motifs is 2. The first-order valence-electron chi connectivity index (χ1n) is 7.97. The van der Waals surface area contributed by atoms with Crippen LogP contribution in [0.1, 0.15) is 21.7 Å². The average Bonchev–Trinajstić information content (AvgIpc) is 2.96. The van der Waals surface area contributed by atoms with E-state index in [2.05, 4.69) is 5.32 Å². The number of carbonyl (C=O) groups excluding carboxylic acids is 1. The molecule has 1 aromatic heterocycles. The molecule has 1 N–H and O–H groups in total. The minimum absolute atomic E-state index is 0.264. The quantitative estimate of drug-likeness (QED) is 0.766. The van der Waals surface area contributed by atoms with Gasteiger partial charge in [-0.2, -0.15) is 0 Å². The molecule has 0 bridgehead atoms. The molecule has 0 unspecified atom stereocenters. The van der Waals surface area contributed by atoms with E-state index < -0.39 is 0 Å². The van der Waals surface area contributed by atoms with Crippen LogP contribution in [0.15, 0.2) is 40.8 Å². The second-order valence-corrected chi connectivity index (χ2v) is 6.29. The van der Waals surface area contributed by atoms with Crippen molar-refractivity contribution in [1.29, 1.82) is 0 Å². The van der Waals surface area contributed by atoms with Crippen LogP contribution in [0.3, 0.4) is 0 Å². The van der Waals surface area contributed by atoms with Crippen molar-refractivity contribution in [3.63, 3.8) is 0 Å². The van der Waals surface area contributed by atoms with Crippen LogP contribution in [-0.2, 0) is 6.54 Å². The van der Waals surface area contributed by atoms with Crippen LogP contribution in [0.2, 0.25) is 5.02 Å². The summed E-state index contributed by atoms with van der Waals surface area (Å²) in [5.74, 6) is 1.47. The van der Waals surface area contributed by atoms with Crippen LogP contribution in [0.4, 0.5) is 0 Å². The van der Waals surface area contributed by atoms with Gasteiger partial charge >= 0.3 is 0 Å². The number of hydrogen-bond acceptors (Lipinski definition) is 4. The summed E-state index contributed by atoms with van der Waals surface area (Å²) < 4.78 is 16.7. The molecule has 128 valence electrons. The summed E-state index contributed by atoms with van der Waals surface area (Å²) in [7, 11) is 0. The van der Waals surface area contributed by atoms with Gasteiger partial charge in [0, 0.05) is 22.5 Å². The Hall–Kier alpha value is -2.66. The molecule has 1 amide bonds. The van der Waals surface area contributed by atoms with E-state index in [1.165, 1.54) is 0 Å². The van der Waals surface area contributed by atoms with Gasteiger partial charge in [-0.25, -0.2) is 0 Å². The zero-order valence-electron chi connectivity index (χ0n) is 13.6. The number of amides is 1. The molecule has 1 aliphatic heterocycles. The number of benzene rings is 2. The predicted molar refractivity (Wildman–Crippen MR) is 94.6 cm³/mol. The highest BCUT2D eigenvalue weighted by Gasteiger charge is 2.18. The lowest BCUT2D eigenvalue weighted by Crippen LogP contribution is -2.23. The van der Waals surface area contributed by atoms with Crippen LogP contribution in [0.25, 0.3) is 11.0 Å². The molecule has 0 atom stereocenters. The molecule has 0 radical (unpaired) electrons. The summed E-state index contributed by atoms with van der Waals surface area (Å²) in [4.78, 5) is 12.5. The molecule has 3 aromatic rings. The number of aryl methyl sites for hydroxylation is 1. The van der Waals surface area contributed by atoms with Gasteiger partial charge in [0.2, 0.25) is 0 Å². The Balaban J connectivity index is 1.52. The van der Waals surface area contributed by atoms with Crippen molar-refractivity contribution in [3.8, 4) is 11.5 Å². The molecule has 4 rings (SSSR count). The van der Waals surface area contributed by atoms with Crippen molar-refractivity contribution in [1.82, 2.24) is 5.32 Å². The van der Waals surface area contributed by atoms with E-state index in [0.29, 0.717) is 41.9 Å². The third kappa shape index (κ3) is 3.03. The largest absolute Gasteiger partial charge is 0.486 e. The fraction of sp³-hybridized carbons (Fsp3) is 0.211. The third-order valence-corrected chi connectivity index (χ3v) is 4.40. The molecular formula is C19H16ClNO4. The fourth-order valence-corrected chi connectivity index (χ4v) is 3.04. The molecule has 6 heteroatoms. The number of halogens is 1. The molecule has 2 aromatic carbocycles. The minimum atomic E-state index is -0.264. The maximum atomic E-state index is 12.5. The monoisotopic (exact) mass is 357 g/mol. The van der Waals surface area contributed by atoms with E-state index in [4.69, 9.17) is 25.5 Å². The lowest BCUT2D eigenvalue weighted by Gasteiger charge is -2.18. The van der Waals surface area contributed by atoms with Gasteiger partial charge in [0.05, 0.1) is 0 Å². The highest BCUT2D eigenvalue weighted by atomic mass is 35.5. The van der Waals surface area contributed by atoms with Crippen LogP contribution in [0, 0.1) is 6.92 Å². The van der Waals surface area contributed by atoms with E-state index in [-0.39, 0.29) is 5.91 Å². The molecule has 2 heterocycles. The number of furan rings is 1. The van der Waals surface area contributed by atoms with Crippen molar-refractivity contribution in [2.45, 2.75) is 13.5 Å².